The van der Waals surface area contributed by atoms with Crippen LogP contribution in [0.5, 0.6) is 0 Å². The van der Waals surface area contributed by atoms with Gasteiger partial charge < -0.3 is 20.7 Å². The van der Waals surface area contributed by atoms with E-state index in [0.29, 0.717) is 37.5 Å². The van der Waals surface area contributed by atoms with Crippen molar-refractivity contribution in [1.82, 2.24) is 30.6 Å². The Hall–Kier alpha value is -2.28. The fraction of sp³-hybridized carbons (Fsp3) is 0.889. The topological polar surface area (TPSA) is 135 Å². The molecule has 6 fully saturated rings. The number of hydrogen-bond acceptors (Lipinski definition) is 8. The van der Waals surface area contributed by atoms with Crippen molar-refractivity contribution >= 4 is 23.9 Å². The minimum atomic E-state index is -0.986. The molecule has 2 aliphatic carbocycles. The van der Waals surface area contributed by atoms with Crippen LogP contribution in [-0.4, -0.2) is 101 Å². The summed E-state index contributed by atoms with van der Waals surface area (Å²) in [5.41, 5.74) is -4.05. The molecule has 6 amide bonds. The summed E-state index contributed by atoms with van der Waals surface area (Å²) in [5, 5.41) is 20.3. The Labute approximate surface area is 286 Å². The molecule has 0 aromatic rings. The van der Waals surface area contributed by atoms with Crippen LogP contribution < -0.4 is 10.6 Å². The maximum atomic E-state index is 14.0. The second-order valence-corrected chi connectivity index (χ2v) is 18.7. The van der Waals surface area contributed by atoms with E-state index in [1.165, 1.54) is 9.96 Å². The molecule has 6 rings (SSSR count). The van der Waals surface area contributed by atoms with Gasteiger partial charge in [-0.25, -0.2) is 9.59 Å². The summed E-state index contributed by atoms with van der Waals surface area (Å²) >= 11 is 0. The number of imide groups is 2. The zero-order valence-electron chi connectivity index (χ0n) is 30.8. The Morgan fingerprint density at radius 1 is 0.604 bits per heavy atom. The number of urea groups is 2. The molecule has 0 aromatic heterocycles. The van der Waals surface area contributed by atoms with E-state index in [4.69, 9.17) is 4.84 Å². The number of carbonyl (C=O) groups is 4. The van der Waals surface area contributed by atoms with Gasteiger partial charge >= 0.3 is 12.1 Å². The van der Waals surface area contributed by atoms with Crippen LogP contribution in [0.2, 0.25) is 0 Å². The van der Waals surface area contributed by atoms with Crippen LogP contribution in [0.1, 0.15) is 139 Å². The van der Waals surface area contributed by atoms with Crippen LogP contribution in [-0.2, 0) is 14.4 Å². The molecule has 0 aromatic carbocycles. The first kappa shape index (κ1) is 35.5. The minimum Gasteiger partial charge on any atom is -0.323 e. The van der Waals surface area contributed by atoms with Crippen molar-refractivity contribution in [2.75, 3.05) is 7.11 Å². The molecule has 0 bridgehead atoms. The molecule has 3 N–H and O–H groups in total. The molecule has 0 unspecified atom stereocenters. The molecule has 6 aliphatic rings. The lowest BCUT2D eigenvalue weighted by atomic mass is 9.70. The molecule has 4 saturated heterocycles. The smallest absolute Gasteiger partial charge is 0.323 e. The van der Waals surface area contributed by atoms with Crippen LogP contribution in [0.25, 0.3) is 0 Å². The summed E-state index contributed by atoms with van der Waals surface area (Å²) in [5.74, 6) is 0.876. The Bertz CT molecular complexity index is 1290. The number of carbonyl (C=O) groups excluding carboxylic acids is 4. The van der Waals surface area contributed by atoms with Gasteiger partial charge in [-0.05, 0) is 151 Å². The van der Waals surface area contributed by atoms with Gasteiger partial charge in [-0.1, -0.05) is 0 Å². The van der Waals surface area contributed by atoms with Crippen LogP contribution in [0.3, 0.4) is 0 Å². The van der Waals surface area contributed by atoms with Crippen molar-refractivity contribution in [1.29, 1.82) is 0 Å². The van der Waals surface area contributed by atoms with Crippen molar-refractivity contribution in [3.63, 3.8) is 0 Å². The van der Waals surface area contributed by atoms with E-state index in [2.05, 4.69) is 38.3 Å². The number of hydroxylamine groups is 4. The number of nitrogens with zero attached hydrogens (tertiary/aromatic N) is 4. The first-order valence-corrected chi connectivity index (χ1v) is 18.3. The molecule has 0 radical (unpaired) electrons. The predicted octanol–water partition coefficient (Wildman–Crippen LogP) is 5.33. The highest BCUT2D eigenvalue weighted by molar-refractivity contribution is 6.08. The molecule has 4 heterocycles. The number of hydrogen-bond donors (Lipinski definition) is 3. The summed E-state index contributed by atoms with van der Waals surface area (Å²) in [6.45, 7) is 15.9. The minimum absolute atomic E-state index is 0.0739. The summed E-state index contributed by atoms with van der Waals surface area (Å²) in [7, 11) is 1.67. The van der Waals surface area contributed by atoms with Crippen molar-refractivity contribution in [3.8, 4) is 0 Å². The van der Waals surface area contributed by atoms with Gasteiger partial charge in [0.25, 0.3) is 11.8 Å². The van der Waals surface area contributed by atoms with E-state index in [9.17, 15) is 24.4 Å². The number of nitrogens with one attached hydrogen (secondary N) is 2. The zero-order valence-corrected chi connectivity index (χ0v) is 30.8. The summed E-state index contributed by atoms with van der Waals surface area (Å²) < 4.78 is 0. The van der Waals surface area contributed by atoms with Gasteiger partial charge in [-0.15, -0.1) is 0 Å². The molecular weight excluding hydrogens is 612 g/mol. The lowest BCUT2D eigenvalue weighted by Gasteiger charge is -2.55. The monoisotopic (exact) mass is 672 g/mol. The van der Waals surface area contributed by atoms with Gasteiger partial charge in [-0.3, -0.25) is 19.4 Å². The molecule has 4 aliphatic heterocycles. The number of rotatable bonds is 5. The van der Waals surface area contributed by atoms with Crippen LogP contribution in [0.4, 0.5) is 9.59 Å². The normalized spacial score (nSPS) is 35.7. The average Bonchev–Trinajstić information content (AvgIpc) is 3.32. The fourth-order valence-electron chi connectivity index (χ4n) is 11.7. The molecule has 12 nitrogen and oxygen atoms in total. The van der Waals surface area contributed by atoms with Gasteiger partial charge in [0, 0.05) is 34.2 Å². The fourth-order valence-corrected chi connectivity index (χ4v) is 11.7. The first-order valence-electron chi connectivity index (χ1n) is 18.3. The van der Waals surface area contributed by atoms with E-state index in [1.807, 2.05) is 32.8 Å². The molecule has 2 saturated carbocycles. The second-order valence-electron chi connectivity index (χ2n) is 18.7. The second kappa shape index (κ2) is 11.6. The van der Waals surface area contributed by atoms with Gasteiger partial charge in [-0.2, -0.15) is 10.1 Å². The van der Waals surface area contributed by atoms with Crippen molar-refractivity contribution < 1.29 is 29.2 Å². The van der Waals surface area contributed by atoms with Gasteiger partial charge in [0.1, 0.15) is 11.1 Å². The zero-order chi connectivity index (χ0) is 35.2. The summed E-state index contributed by atoms with van der Waals surface area (Å²) in [6.07, 6.45) is 10.1. The van der Waals surface area contributed by atoms with Crippen molar-refractivity contribution in [3.05, 3.63) is 0 Å². The molecule has 48 heavy (non-hydrogen) atoms. The van der Waals surface area contributed by atoms with E-state index in [1.54, 1.807) is 12.0 Å². The lowest BCUT2D eigenvalue weighted by molar-refractivity contribution is -0.273. The highest BCUT2D eigenvalue weighted by atomic mass is 16.7. The quantitative estimate of drug-likeness (QED) is 0.334. The van der Waals surface area contributed by atoms with Gasteiger partial charge in [0.05, 0.1) is 7.11 Å². The molecular formula is C36H60N6O6. The van der Waals surface area contributed by atoms with E-state index < -0.39 is 33.2 Å². The Morgan fingerprint density at radius 3 is 1.27 bits per heavy atom. The van der Waals surface area contributed by atoms with Crippen LogP contribution in [0.15, 0.2) is 0 Å². The van der Waals surface area contributed by atoms with Crippen LogP contribution >= 0.6 is 0 Å². The largest absolute Gasteiger partial charge is 0.325 e. The van der Waals surface area contributed by atoms with E-state index in [-0.39, 0.29) is 36.0 Å². The highest BCUT2D eigenvalue weighted by Gasteiger charge is 2.64. The SMILES string of the molecule is CON1C(C)(C)CC2(CC1(C)C)NC(=O)N(C1CCC(CC3CCC(N4C(=O)NC5(CC(C)(C)N(O)C(C)(C)C5)C4=O)CC3)CC1)C2=O. The Morgan fingerprint density at radius 2 is 0.938 bits per heavy atom. The van der Waals surface area contributed by atoms with E-state index in [0.717, 1.165) is 57.8 Å². The highest BCUT2D eigenvalue weighted by Crippen LogP contribution is 2.49. The molecule has 12 heteroatoms. The third-order valence-corrected chi connectivity index (χ3v) is 12.8. The molecule has 0 atom stereocenters. The number of piperidine rings is 2. The van der Waals surface area contributed by atoms with Crippen molar-refractivity contribution in [2.45, 2.75) is 184 Å². The Balaban J connectivity index is 1.01. The average molecular weight is 673 g/mol. The standard InChI is InChI=1S/C36H60N6O6/c1-31(2)19-35(20-32(3,4)41(31)47)27(43)39(29(45)37-35)25-14-10-23(11-15-25)18-24-12-16-26(17-13-24)40-28(44)36(38-30(40)46)21-33(5,6)42(48-9)34(7,8)22-36/h23-26,47H,10-22H2,1-9H3,(H,37,45)(H,38,46). The summed E-state index contributed by atoms with van der Waals surface area (Å²) in [6, 6.07) is -0.718. The third kappa shape index (κ3) is 5.76. The van der Waals surface area contributed by atoms with Crippen LogP contribution in [0, 0.1) is 11.8 Å². The molecule has 270 valence electrons. The van der Waals surface area contributed by atoms with Crippen molar-refractivity contribution in [2.24, 2.45) is 11.8 Å². The van der Waals surface area contributed by atoms with E-state index >= 15 is 0 Å². The Kier molecular flexibility index (Phi) is 8.61. The maximum absolute atomic E-state index is 14.0. The maximum Gasteiger partial charge on any atom is 0.325 e. The van der Waals surface area contributed by atoms with Gasteiger partial charge in [0.15, 0.2) is 0 Å². The summed E-state index contributed by atoms with van der Waals surface area (Å²) in [4.78, 5) is 63.4. The number of amides is 6. The first-order chi connectivity index (χ1) is 22.2. The third-order valence-electron chi connectivity index (χ3n) is 12.8. The molecule has 2 spiro atoms. The van der Waals surface area contributed by atoms with Gasteiger partial charge in [0.2, 0.25) is 0 Å². The predicted molar refractivity (Wildman–Crippen MR) is 180 cm³/mol. The lowest BCUT2D eigenvalue weighted by Crippen LogP contribution is -2.69.